The van der Waals surface area contributed by atoms with Crippen LogP contribution in [0.4, 0.5) is 14.5 Å². The van der Waals surface area contributed by atoms with Crippen molar-refractivity contribution < 1.29 is 18.4 Å². The van der Waals surface area contributed by atoms with E-state index in [0.717, 1.165) is 37.1 Å². The molecule has 0 radical (unpaired) electrons. The first-order valence-corrected chi connectivity index (χ1v) is 11.6. The zero-order valence-corrected chi connectivity index (χ0v) is 19.2. The van der Waals surface area contributed by atoms with Gasteiger partial charge < -0.3 is 9.80 Å². The second-order valence-electron chi connectivity index (χ2n) is 8.93. The van der Waals surface area contributed by atoms with Gasteiger partial charge in [0.05, 0.1) is 13.0 Å². The summed E-state index contributed by atoms with van der Waals surface area (Å²) in [5.74, 6) is -0.447. The van der Waals surface area contributed by atoms with Gasteiger partial charge in [0, 0.05) is 24.3 Å². The molecule has 1 heterocycles. The van der Waals surface area contributed by atoms with Crippen LogP contribution in [0.5, 0.6) is 0 Å². The highest BCUT2D eigenvalue weighted by Crippen LogP contribution is 2.23. The first-order valence-electron chi connectivity index (χ1n) is 11.6. The van der Waals surface area contributed by atoms with Gasteiger partial charge in [-0.15, -0.1) is 0 Å². The molecule has 2 amide bonds. The van der Waals surface area contributed by atoms with Crippen molar-refractivity contribution >= 4 is 17.5 Å². The number of piperidine rings is 1. The average molecular weight is 463 g/mol. The Labute approximate surface area is 198 Å². The molecule has 0 aliphatic carbocycles. The van der Waals surface area contributed by atoms with Crippen LogP contribution < -0.4 is 4.90 Å². The maximum Gasteiger partial charge on any atom is 0.258 e. The summed E-state index contributed by atoms with van der Waals surface area (Å²) in [5, 5.41) is 0. The lowest BCUT2D eigenvalue weighted by atomic mass is 9.98. The molecule has 6 heteroatoms. The molecule has 0 N–H and O–H groups in total. The van der Waals surface area contributed by atoms with Gasteiger partial charge in [0.15, 0.2) is 0 Å². The van der Waals surface area contributed by atoms with Crippen molar-refractivity contribution in [3.05, 3.63) is 101 Å². The number of likely N-dealkylation sites (tertiary alicyclic amines) is 1. The van der Waals surface area contributed by atoms with Crippen LogP contribution in [0.25, 0.3) is 0 Å². The van der Waals surface area contributed by atoms with Crippen LogP contribution in [0.3, 0.4) is 0 Å². The molecular weight excluding hydrogens is 434 g/mol. The largest absolute Gasteiger partial charge is 0.342 e. The number of nitrogens with zero attached hydrogens (tertiary/aromatic N) is 2. The van der Waals surface area contributed by atoms with Gasteiger partial charge in [-0.2, -0.15) is 0 Å². The Balaban J connectivity index is 1.53. The predicted octanol–water partition coefficient (Wildman–Crippen LogP) is 5.61. The normalized spacial score (nSPS) is 14.1. The standard InChI is InChI=1S/C28H28F2N2O2/c1-20-13-15-31(16-14-20)27(33)17-21-7-11-26(12-8-21)32(19-22-5-9-24(29)10-6-22)28(34)23-3-2-4-25(30)18-23/h2-12,18,20H,13-17,19H2,1H3. The highest BCUT2D eigenvalue weighted by molar-refractivity contribution is 6.06. The fourth-order valence-corrected chi connectivity index (χ4v) is 4.17. The Morgan fingerprint density at radius 3 is 2.18 bits per heavy atom. The Morgan fingerprint density at radius 1 is 0.882 bits per heavy atom. The second kappa shape index (κ2) is 10.6. The molecule has 1 aliphatic rings. The minimum atomic E-state index is -0.492. The zero-order valence-electron chi connectivity index (χ0n) is 19.2. The lowest BCUT2D eigenvalue weighted by Gasteiger charge is -2.30. The van der Waals surface area contributed by atoms with E-state index in [4.69, 9.17) is 0 Å². The molecule has 0 bridgehead atoms. The van der Waals surface area contributed by atoms with Crippen LogP contribution in [0.1, 0.15) is 41.3 Å². The van der Waals surface area contributed by atoms with E-state index in [1.54, 1.807) is 30.3 Å². The second-order valence-corrected chi connectivity index (χ2v) is 8.93. The van der Waals surface area contributed by atoms with Crippen molar-refractivity contribution in [1.82, 2.24) is 4.90 Å². The van der Waals surface area contributed by atoms with Crippen molar-refractivity contribution in [2.75, 3.05) is 18.0 Å². The predicted molar refractivity (Wildman–Crippen MR) is 128 cm³/mol. The van der Waals surface area contributed by atoms with E-state index in [9.17, 15) is 18.4 Å². The van der Waals surface area contributed by atoms with Gasteiger partial charge in [-0.25, -0.2) is 8.78 Å². The van der Waals surface area contributed by atoms with Crippen LogP contribution in [-0.2, 0) is 17.8 Å². The number of benzene rings is 3. The van der Waals surface area contributed by atoms with Gasteiger partial charge in [-0.05, 0) is 72.4 Å². The van der Waals surface area contributed by atoms with E-state index in [1.807, 2.05) is 17.0 Å². The minimum absolute atomic E-state index is 0.110. The van der Waals surface area contributed by atoms with Crippen molar-refractivity contribution in [3.63, 3.8) is 0 Å². The third kappa shape index (κ3) is 5.87. The molecule has 1 saturated heterocycles. The first kappa shape index (κ1) is 23.6. The number of rotatable bonds is 6. The summed E-state index contributed by atoms with van der Waals surface area (Å²) in [6.07, 6.45) is 2.38. The van der Waals surface area contributed by atoms with Gasteiger partial charge in [0.25, 0.3) is 5.91 Å². The summed E-state index contributed by atoms with van der Waals surface area (Å²) >= 11 is 0. The van der Waals surface area contributed by atoms with Crippen molar-refractivity contribution in [1.29, 1.82) is 0 Å². The Bertz CT molecular complexity index is 1140. The summed E-state index contributed by atoms with van der Waals surface area (Å²) < 4.78 is 27.1. The van der Waals surface area contributed by atoms with E-state index < -0.39 is 5.82 Å². The number of halogens is 2. The Kier molecular flexibility index (Phi) is 7.36. The van der Waals surface area contributed by atoms with E-state index in [-0.39, 0.29) is 29.7 Å². The van der Waals surface area contributed by atoms with Crippen LogP contribution in [-0.4, -0.2) is 29.8 Å². The lowest BCUT2D eigenvalue weighted by Crippen LogP contribution is -2.38. The molecule has 0 spiro atoms. The summed E-state index contributed by atoms with van der Waals surface area (Å²) in [7, 11) is 0. The summed E-state index contributed by atoms with van der Waals surface area (Å²) in [4.78, 5) is 29.4. The lowest BCUT2D eigenvalue weighted by molar-refractivity contribution is -0.131. The SMILES string of the molecule is CC1CCN(C(=O)Cc2ccc(N(Cc3ccc(F)cc3)C(=O)c3cccc(F)c3)cc2)CC1. The monoisotopic (exact) mass is 462 g/mol. The van der Waals surface area contributed by atoms with Gasteiger partial charge in [0.2, 0.25) is 5.91 Å². The van der Waals surface area contributed by atoms with Crippen LogP contribution in [0.15, 0.2) is 72.8 Å². The highest BCUT2D eigenvalue weighted by atomic mass is 19.1. The molecule has 0 aromatic heterocycles. The number of carbonyl (C=O) groups is 2. The minimum Gasteiger partial charge on any atom is -0.342 e. The fraction of sp³-hybridized carbons (Fsp3) is 0.286. The molecule has 34 heavy (non-hydrogen) atoms. The van der Waals surface area contributed by atoms with Gasteiger partial charge >= 0.3 is 0 Å². The van der Waals surface area contributed by atoms with Crippen molar-refractivity contribution in [3.8, 4) is 0 Å². The quantitative estimate of drug-likeness (QED) is 0.478. The maximum absolute atomic E-state index is 13.8. The van der Waals surface area contributed by atoms with E-state index in [1.165, 1.54) is 35.2 Å². The zero-order chi connectivity index (χ0) is 24.1. The van der Waals surface area contributed by atoms with E-state index >= 15 is 0 Å². The molecular formula is C28H28F2N2O2. The number of hydrogen-bond acceptors (Lipinski definition) is 2. The smallest absolute Gasteiger partial charge is 0.258 e. The Morgan fingerprint density at radius 2 is 1.53 bits per heavy atom. The summed E-state index contributed by atoms with van der Waals surface area (Å²) in [6, 6.07) is 18.7. The average Bonchev–Trinajstić information content (AvgIpc) is 2.84. The first-order chi connectivity index (χ1) is 16.4. The van der Waals surface area contributed by atoms with Crippen molar-refractivity contribution in [2.45, 2.75) is 32.7 Å². The topological polar surface area (TPSA) is 40.6 Å². The molecule has 0 saturated carbocycles. The highest BCUT2D eigenvalue weighted by Gasteiger charge is 2.22. The van der Waals surface area contributed by atoms with Crippen LogP contribution in [0, 0.1) is 17.6 Å². The Hall–Kier alpha value is -3.54. The third-order valence-electron chi connectivity index (χ3n) is 6.31. The van der Waals surface area contributed by atoms with Crippen molar-refractivity contribution in [2.24, 2.45) is 5.92 Å². The van der Waals surface area contributed by atoms with Gasteiger partial charge in [-0.3, -0.25) is 9.59 Å². The third-order valence-corrected chi connectivity index (χ3v) is 6.31. The molecule has 1 aliphatic heterocycles. The number of amides is 2. The molecule has 0 unspecified atom stereocenters. The number of anilines is 1. The van der Waals surface area contributed by atoms with Gasteiger partial charge in [-0.1, -0.05) is 37.3 Å². The molecule has 3 aromatic carbocycles. The molecule has 3 aromatic rings. The summed E-state index contributed by atoms with van der Waals surface area (Å²) in [6.45, 7) is 4.00. The van der Waals surface area contributed by atoms with E-state index in [2.05, 4.69) is 6.92 Å². The van der Waals surface area contributed by atoms with Crippen LogP contribution >= 0.6 is 0 Å². The molecule has 1 fully saturated rings. The molecule has 4 rings (SSSR count). The van der Waals surface area contributed by atoms with E-state index in [0.29, 0.717) is 18.0 Å². The number of hydrogen-bond donors (Lipinski definition) is 0. The maximum atomic E-state index is 13.8. The summed E-state index contributed by atoms with van der Waals surface area (Å²) in [5.41, 5.74) is 2.44. The molecule has 0 atom stereocenters. The molecule has 176 valence electrons. The fourth-order valence-electron chi connectivity index (χ4n) is 4.17. The number of carbonyl (C=O) groups excluding carboxylic acids is 2. The van der Waals surface area contributed by atoms with Gasteiger partial charge in [0.1, 0.15) is 11.6 Å². The molecule has 4 nitrogen and oxygen atoms in total. The van der Waals surface area contributed by atoms with Crippen LogP contribution in [0.2, 0.25) is 0 Å².